The Morgan fingerprint density at radius 1 is 0.391 bits per heavy atom. The monoisotopic (exact) mass is 601 g/mol. The molecule has 1 nitrogen and oxygen atoms in total. The lowest BCUT2D eigenvalue weighted by Gasteiger charge is -2.18. The molecule has 0 aliphatic heterocycles. The second-order valence-electron chi connectivity index (χ2n) is 12.1. The van der Waals surface area contributed by atoms with Gasteiger partial charge < -0.3 is 4.57 Å². The molecule has 0 saturated carbocycles. The third-order valence-electron chi connectivity index (χ3n) is 9.55. The van der Waals surface area contributed by atoms with Crippen LogP contribution in [-0.2, 0) is 0 Å². The van der Waals surface area contributed by atoms with Gasteiger partial charge in [-0.1, -0.05) is 133 Å². The van der Waals surface area contributed by atoms with Gasteiger partial charge in [0.15, 0.2) is 0 Å². The number of hydrogen-bond acceptors (Lipinski definition) is 1. The van der Waals surface area contributed by atoms with E-state index in [1.807, 2.05) is 11.3 Å². The first-order valence-electron chi connectivity index (χ1n) is 15.8. The maximum atomic E-state index is 2.47. The van der Waals surface area contributed by atoms with Gasteiger partial charge in [0.1, 0.15) is 0 Å². The van der Waals surface area contributed by atoms with E-state index in [0.29, 0.717) is 0 Å². The van der Waals surface area contributed by atoms with Crippen LogP contribution in [0.3, 0.4) is 0 Å². The van der Waals surface area contributed by atoms with Crippen molar-refractivity contribution >= 4 is 74.9 Å². The number of hydrogen-bond donors (Lipinski definition) is 0. The van der Waals surface area contributed by atoms with Crippen LogP contribution in [0.15, 0.2) is 164 Å². The van der Waals surface area contributed by atoms with Crippen molar-refractivity contribution < 1.29 is 0 Å². The molecule has 2 heterocycles. The van der Waals surface area contributed by atoms with Gasteiger partial charge in [-0.2, -0.15) is 0 Å². The predicted octanol–water partition coefficient (Wildman–Crippen LogP) is 12.8. The highest BCUT2D eigenvalue weighted by Crippen LogP contribution is 2.47. The Labute approximate surface area is 270 Å². The van der Waals surface area contributed by atoms with E-state index in [1.165, 1.54) is 91.5 Å². The maximum absolute atomic E-state index is 2.47. The van der Waals surface area contributed by atoms with E-state index in [4.69, 9.17) is 0 Å². The molecule has 2 aromatic heterocycles. The van der Waals surface area contributed by atoms with E-state index < -0.39 is 0 Å². The van der Waals surface area contributed by atoms with E-state index in [1.54, 1.807) is 0 Å². The van der Waals surface area contributed by atoms with Crippen LogP contribution in [0.1, 0.15) is 0 Å². The third kappa shape index (κ3) is 3.68. The first-order valence-corrected chi connectivity index (χ1v) is 16.6. The molecule has 0 radical (unpaired) electrons. The Kier molecular flexibility index (Phi) is 5.51. The van der Waals surface area contributed by atoms with Crippen LogP contribution in [0.5, 0.6) is 0 Å². The largest absolute Gasteiger partial charge is 0.308 e. The van der Waals surface area contributed by atoms with Crippen molar-refractivity contribution in [3.05, 3.63) is 164 Å². The Hall–Kier alpha value is -5.70. The number of benzene rings is 8. The molecule has 10 rings (SSSR count). The molecule has 0 spiro atoms. The minimum absolute atomic E-state index is 1.18. The third-order valence-corrected chi connectivity index (χ3v) is 10.7. The summed E-state index contributed by atoms with van der Waals surface area (Å²) in [6.07, 6.45) is 0. The van der Waals surface area contributed by atoms with Crippen LogP contribution in [0.2, 0.25) is 0 Å². The molecule has 0 aliphatic carbocycles. The van der Waals surface area contributed by atoms with Crippen LogP contribution >= 0.6 is 11.3 Å². The van der Waals surface area contributed by atoms with Crippen molar-refractivity contribution in [2.75, 3.05) is 0 Å². The topological polar surface area (TPSA) is 4.93 Å². The predicted molar refractivity (Wildman–Crippen MR) is 200 cm³/mol. The molecule has 46 heavy (non-hydrogen) atoms. The first-order chi connectivity index (χ1) is 22.8. The van der Waals surface area contributed by atoms with E-state index in [-0.39, 0.29) is 0 Å². The lowest BCUT2D eigenvalue weighted by atomic mass is 9.85. The number of para-hydroxylation sites is 1. The van der Waals surface area contributed by atoms with Crippen molar-refractivity contribution in [3.8, 4) is 27.9 Å². The van der Waals surface area contributed by atoms with Gasteiger partial charge in [0.2, 0.25) is 0 Å². The molecule has 0 unspecified atom stereocenters. The number of thiophene rings is 1. The molecule has 0 atom stereocenters. The van der Waals surface area contributed by atoms with Crippen molar-refractivity contribution in [1.29, 1.82) is 0 Å². The maximum Gasteiger partial charge on any atom is 0.0727 e. The average molecular weight is 602 g/mol. The van der Waals surface area contributed by atoms with Crippen LogP contribution in [0.25, 0.3) is 91.5 Å². The fraction of sp³-hybridized carbons (Fsp3) is 0. The second kappa shape index (κ2) is 9.90. The van der Waals surface area contributed by atoms with E-state index in [0.717, 1.165) is 0 Å². The van der Waals surface area contributed by atoms with Gasteiger partial charge in [0.25, 0.3) is 0 Å². The summed E-state index contributed by atoms with van der Waals surface area (Å²) in [7, 11) is 0. The average Bonchev–Trinajstić information content (AvgIpc) is 3.65. The molecular weight excluding hydrogens is 575 g/mol. The van der Waals surface area contributed by atoms with Gasteiger partial charge in [0, 0.05) is 21.2 Å². The van der Waals surface area contributed by atoms with E-state index in [2.05, 4.69) is 168 Å². The molecule has 0 fully saturated rings. The molecule has 0 N–H and O–H groups in total. The molecule has 10 aromatic rings. The van der Waals surface area contributed by atoms with Gasteiger partial charge >= 0.3 is 0 Å². The Bertz CT molecular complexity index is 2740. The molecule has 0 saturated heterocycles. The Morgan fingerprint density at radius 3 is 1.63 bits per heavy atom. The molecule has 0 bridgehead atoms. The Balaban J connectivity index is 1.31. The number of rotatable bonds is 3. The first kappa shape index (κ1) is 25.6. The SMILES string of the molecule is c1ccc(-n2c3cc(-c4c5ccccc5c(-c5ccc6ccccc6c5)c5ccccc45)ccc3c3sc4ccccc4c32)cc1. The molecule has 214 valence electrons. The van der Waals surface area contributed by atoms with Gasteiger partial charge in [-0.3, -0.25) is 0 Å². The van der Waals surface area contributed by atoms with Gasteiger partial charge in [0.05, 0.1) is 15.7 Å². The van der Waals surface area contributed by atoms with E-state index in [9.17, 15) is 0 Å². The summed E-state index contributed by atoms with van der Waals surface area (Å²) in [6, 6.07) is 60.1. The summed E-state index contributed by atoms with van der Waals surface area (Å²) >= 11 is 1.89. The Morgan fingerprint density at radius 2 is 0.935 bits per heavy atom. The number of fused-ring (bicyclic) bond motifs is 8. The standard InChI is InChI=1S/C44H27NS/c1-2-14-32(15-3-1)45-39-27-31(24-25-37(39)44-43(45)38-20-10-11-21-40(38)46-44)42-35-18-8-6-16-33(35)41(34-17-7-9-19-36(34)42)30-23-22-28-12-4-5-13-29(28)26-30/h1-27H. The minimum Gasteiger partial charge on any atom is -0.308 e. The van der Waals surface area contributed by atoms with Crippen molar-refractivity contribution in [2.24, 2.45) is 0 Å². The molecule has 0 aliphatic rings. The van der Waals surface area contributed by atoms with Crippen molar-refractivity contribution in [2.45, 2.75) is 0 Å². The zero-order valence-electron chi connectivity index (χ0n) is 24.9. The summed E-state index contributed by atoms with van der Waals surface area (Å²) < 4.78 is 5.14. The molecule has 8 aromatic carbocycles. The quantitative estimate of drug-likeness (QED) is 0.178. The summed E-state index contributed by atoms with van der Waals surface area (Å²) in [6.45, 7) is 0. The van der Waals surface area contributed by atoms with Crippen LogP contribution < -0.4 is 0 Å². The zero-order chi connectivity index (χ0) is 30.2. The summed E-state index contributed by atoms with van der Waals surface area (Å²) in [5.74, 6) is 0. The summed E-state index contributed by atoms with van der Waals surface area (Å²) in [4.78, 5) is 0. The van der Waals surface area contributed by atoms with E-state index >= 15 is 0 Å². The normalized spacial score (nSPS) is 11.9. The van der Waals surface area contributed by atoms with Crippen molar-refractivity contribution in [1.82, 2.24) is 4.57 Å². The zero-order valence-corrected chi connectivity index (χ0v) is 25.8. The molecular formula is C44H27NS. The summed E-state index contributed by atoms with van der Waals surface area (Å²) in [5.41, 5.74) is 8.77. The summed E-state index contributed by atoms with van der Waals surface area (Å²) in [5, 5.41) is 10.2. The van der Waals surface area contributed by atoms with Crippen molar-refractivity contribution in [3.63, 3.8) is 0 Å². The smallest absolute Gasteiger partial charge is 0.0727 e. The number of nitrogens with zero attached hydrogens (tertiary/aromatic N) is 1. The fourth-order valence-electron chi connectivity index (χ4n) is 7.56. The molecule has 2 heteroatoms. The van der Waals surface area contributed by atoms with Crippen LogP contribution in [0.4, 0.5) is 0 Å². The highest BCUT2D eigenvalue weighted by Gasteiger charge is 2.21. The number of aromatic nitrogens is 1. The highest BCUT2D eigenvalue weighted by molar-refractivity contribution is 7.26. The fourth-order valence-corrected chi connectivity index (χ4v) is 8.78. The van der Waals surface area contributed by atoms with Gasteiger partial charge in [-0.25, -0.2) is 0 Å². The highest BCUT2D eigenvalue weighted by atomic mass is 32.1. The van der Waals surface area contributed by atoms with Crippen LogP contribution in [-0.4, -0.2) is 4.57 Å². The van der Waals surface area contributed by atoms with Gasteiger partial charge in [-0.15, -0.1) is 11.3 Å². The van der Waals surface area contributed by atoms with Gasteiger partial charge in [-0.05, 0) is 84.9 Å². The minimum atomic E-state index is 1.18. The lowest BCUT2D eigenvalue weighted by Crippen LogP contribution is -1.94. The molecule has 0 amide bonds. The van der Waals surface area contributed by atoms with Crippen LogP contribution in [0, 0.1) is 0 Å². The lowest BCUT2D eigenvalue weighted by molar-refractivity contribution is 1.19. The second-order valence-corrected chi connectivity index (χ2v) is 13.1.